The number of carbonyl (C=O) groups excluding carboxylic acids is 2. The molecule has 0 aliphatic heterocycles. The van der Waals surface area contributed by atoms with Gasteiger partial charge in [0, 0.05) is 11.1 Å². The van der Waals surface area contributed by atoms with Crippen LogP contribution in [0.5, 0.6) is 0 Å². The molecule has 0 fully saturated rings. The van der Waals surface area contributed by atoms with E-state index in [0.29, 0.717) is 15.7 Å². The third-order valence-corrected chi connectivity index (χ3v) is 4.60. The van der Waals surface area contributed by atoms with Crippen LogP contribution in [-0.2, 0) is 0 Å². The molecule has 2 heterocycles. The third kappa shape index (κ3) is 3.45. The van der Waals surface area contributed by atoms with E-state index in [2.05, 4.69) is 10.3 Å². The van der Waals surface area contributed by atoms with Crippen LogP contribution in [0.25, 0.3) is 10.4 Å². The van der Waals surface area contributed by atoms with Gasteiger partial charge in [0.1, 0.15) is 10.2 Å². The number of halogens is 1. The number of thiophene rings is 1. The van der Waals surface area contributed by atoms with Crippen LogP contribution in [0.3, 0.4) is 0 Å². The highest BCUT2D eigenvalue weighted by Crippen LogP contribution is 2.35. The predicted octanol–water partition coefficient (Wildman–Crippen LogP) is 3.81. The quantitative estimate of drug-likeness (QED) is 0.696. The maximum Gasteiger partial charge on any atom is 0.257 e. The normalized spacial score (nSPS) is 10.4. The molecule has 0 saturated heterocycles. The van der Waals surface area contributed by atoms with Gasteiger partial charge in [-0.25, -0.2) is 4.98 Å². The van der Waals surface area contributed by atoms with Crippen molar-refractivity contribution in [3.63, 3.8) is 0 Å². The molecule has 2 amide bonds. The first-order valence-electron chi connectivity index (χ1n) is 6.96. The number of nitrogens with two attached hydrogens (primary N) is 1. The molecular weight excluding hydrogens is 346 g/mol. The second kappa shape index (κ2) is 6.82. The monoisotopic (exact) mass is 357 g/mol. The molecule has 3 N–H and O–H groups in total. The molecule has 0 unspecified atom stereocenters. The van der Waals surface area contributed by atoms with Crippen LogP contribution in [0, 0.1) is 0 Å². The Hall–Kier alpha value is -2.70. The lowest BCUT2D eigenvalue weighted by Gasteiger charge is -2.04. The summed E-state index contributed by atoms with van der Waals surface area (Å²) in [6, 6.07) is 14.3. The van der Waals surface area contributed by atoms with Crippen LogP contribution < -0.4 is 11.1 Å². The number of primary amides is 1. The van der Waals surface area contributed by atoms with Gasteiger partial charge >= 0.3 is 0 Å². The van der Waals surface area contributed by atoms with Crippen LogP contribution in [0.1, 0.15) is 20.7 Å². The van der Waals surface area contributed by atoms with Gasteiger partial charge in [0.15, 0.2) is 0 Å². The molecule has 1 aromatic carbocycles. The molecular formula is C17H12ClN3O2S. The highest BCUT2D eigenvalue weighted by atomic mass is 35.5. The lowest BCUT2D eigenvalue weighted by Crippen LogP contribution is -2.16. The molecule has 3 aromatic rings. The Morgan fingerprint density at radius 1 is 1.12 bits per heavy atom. The van der Waals surface area contributed by atoms with E-state index in [4.69, 9.17) is 17.3 Å². The maximum atomic E-state index is 12.3. The van der Waals surface area contributed by atoms with Crippen molar-refractivity contribution in [1.82, 2.24) is 4.98 Å². The summed E-state index contributed by atoms with van der Waals surface area (Å²) in [7, 11) is 0. The van der Waals surface area contributed by atoms with Gasteiger partial charge in [-0.1, -0.05) is 41.9 Å². The molecule has 5 nitrogen and oxygen atoms in total. The molecule has 2 aromatic heterocycles. The van der Waals surface area contributed by atoms with Gasteiger partial charge in [-0.05, 0) is 23.8 Å². The van der Waals surface area contributed by atoms with E-state index >= 15 is 0 Å². The highest BCUT2D eigenvalue weighted by molar-refractivity contribution is 7.20. The van der Waals surface area contributed by atoms with Crippen molar-refractivity contribution >= 4 is 39.8 Å². The van der Waals surface area contributed by atoms with E-state index in [1.807, 2.05) is 30.3 Å². The Balaban J connectivity index is 1.92. The van der Waals surface area contributed by atoms with Gasteiger partial charge < -0.3 is 11.1 Å². The van der Waals surface area contributed by atoms with Crippen molar-refractivity contribution in [3.8, 4) is 10.4 Å². The van der Waals surface area contributed by atoms with Crippen molar-refractivity contribution in [2.24, 2.45) is 5.73 Å². The van der Waals surface area contributed by atoms with Crippen LogP contribution >= 0.6 is 22.9 Å². The molecule has 0 bridgehead atoms. The zero-order valence-corrected chi connectivity index (χ0v) is 13.9. The maximum absolute atomic E-state index is 12.3. The van der Waals surface area contributed by atoms with Gasteiger partial charge in [-0.15, -0.1) is 11.3 Å². The second-order valence-corrected chi connectivity index (χ2v) is 6.35. The van der Waals surface area contributed by atoms with Gasteiger partial charge in [0.2, 0.25) is 0 Å². The number of carbonyl (C=O) groups is 2. The molecule has 0 saturated carbocycles. The fourth-order valence-corrected chi connectivity index (χ4v) is 3.27. The topological polar surface area (TPSA) is 85.1 Å². The average molecular weight is 358 g/mol. The number of nitrogens with zero attached hydrogens (tertiary/aromatic N) is 1. The number of nitrogens with one attached hydrogen (secondary N) is 1. The first kappa shape index (κ1) is 16.2. The minimum atomic E-state index is -0.599. The Labute approximate surface area is 147 Å². The molecule has 7 heteroatoms. The van der Waals surface area contributed by atoms with Crippen molar-refractivity contribution < 1.29 is 9.59 Å². The highest BCUT2D eigenvalue weighted by Gasteiger charge is 2.17. The number of aromatic nitrogens is 1. The smallest absolute Gasteiger partial charge is 0.257 e. The zero-order chi connectivity index (χ0) is 17.1. The predicted molar refractivity (Wildman–Crippen MR) is 95.5 cm³/mol. The first-order chi connectivity index (χ1) is 11.5. The van der Waals surface area contributed by atoms with E-state index in [1.54, 1.807) is 12.1 Å². The first-order valence-corrected chi connectivity index (χ1v) is 8.16. The van der Waals surface area contributed by atoms with Gasteiger partial charge in [0.05, 0.1) is 11.1 Å². The van der Waals surface area contributed by atoms with Crippen molar-refractivity contribution in [2.45, 2.75) is 0 Å². The number of amides is 2. The number of anilines is 1. The van der Waals surface area contributed by atoms with Crippen LogP contribution in [-0.4, -0.2) is 16.8 Å². The van der Waals surface area contributed by atoms with Crippen LogP contribution in [0.2, 0.25) is 5.15 Å². The summed E-state index contributed by atoms with van der Waals surface area (Å²) >= 11 is 7.00. The van der Waals surface area contributed by atoms with E-state index < -0.39 is 5.91 Å². The summed E-state index contributed by atoms with van der Waals surface area (Å²) in [6.45, 7) is 0. The van der Waals surface area contributed by atoms with E-state index in [0.717, 1.165) is 10.4 Å². The van der Waals surface area contributed by atoms with Crippen molar-refractivity contribution in [1.29, 1.82) is 0 Å². The Bertz CT molecular complexity index is 892. The fraction of sp³-hybridized carbons (Fsp3) is 0. The Morgan fingerprint density at radius 2 is 1.88 bits per heavy atom. The van der Waals surface area contributed by atoms with Gasteiger partial charge in [-0.2, -0.15) is 0 Å². The molecule has 120 valence electrons. The lowest BCUT2D eigenvalue weighted by atomic mass is 10.1. The number of pyridine rings is 1. The zero-order valence-electron chi connectivity index (χ0n) is 12.3. The summed E-state index contributed by atoms with van der Waals surface area (Å²) < 4.78 is 0. The van der Waals surface area contributed by atoms with Gasteiger partial charge in [-0.3, -0.25) is 9.59 Å². The molecule has 0 aliphatic rings. The van der Waals surface area contributed by atoms with Crippen molar-refractivity contribution in [3.05, 3.63) is 71.0 Å². The summed E-state index contributed by atoms with van der Waals surface area (Å²) in [6.07, 6.45) is 1.37. The summed E-state index contributed by atoms with van der Waals surface area (Å²) in [5.41, 5.74) is 6.98. The van der Waals surface area contributed by atoms with Crippen molar-refractivity contribution in [2.75, 3.05) is 5.32 Å². The minimum absolute atomic E-state index is 0.272. The number of hydrogen-bond acceptors (Lipinski definition) is 4. The van der Waals surface area contributed by atoms with E-state index in [1.165, 1.54) is 23.6 Å². The molecule has 3 rings (SSSR count). The Kier molecular flexibility index (Phi) is 4.59. The lowest BCUT2D eigenvalue weighted by molar-refractivity contribution is 0.100. The molecule has 0 radical (unpaired) electrons. The minimum Gasteiger partial charge on any atom is -0.366 e. The average Bonchev–Trinajstić information content (AvgIpc) is 3.00. The molecule has 0 aliphatic carbocycles. The largest absolute Gasteiger partial charge is 0.366 e. The van der Waals surface area contributed by atoms with Crippen LogP contribution in [0.4, 0.5) is 5.00 Å². The number of rotatable bonds is 4. The SMILES string of the molecule is NC(=O)c1cc(-c2ccccc2)sc1NC(=O)c1ccc(Cl)nc1. The fourth-order valence-electron chi connectivity index (χ4n) is 2.10. The summed E-state index contributed by atoms with van der Waals surface area (Å²) in [5, 5.41) is 3.42. The molecule has 0 atom stereocenters. The standard InChI is InChI=1S/C17H12ClN3O2S/c18-14-7-6-11(9-20-14)16(23)21-17-12(15(19)22)8-13(24-17)10-4-2-1-3-5-10/h1-9H,(H2,19,22)(H,21,23). The third-order valence-electron chi connectivity index (χ3n) is 3.27. The summed E-state index contributed by atoms with van der Waals surface area (Å²) in [5.74, 6) is -0.985. The number of benzene rings is 1. The molecule has 24 heavy (non-hydrogen) atoms. The Morgan fingerprint density at radius 3 is 2.50 bits per heavy atom. The molecule has 0 spiro atoms. The number of hydrogen-bond donors (Lipinski definition) is 2. The van der Waals surface area contributed by atoms with E-state index in [-0.39, 0.29) is 11.5 Å². The van der Waals surface area contributed by atoms with E-state index in [9.17, 15) is 9.59 Å². The summed E-state index contributed by atoms with van der Waals surface area (Å²) in [4.78, 5) is 28.7. The van der Waals surface area contributed by atoms with Gasteiger partial charge in [0.25, 0.3) is 11.8 Å². The second-order valence-electron chi connectivity index (χ2n) is 4.91. The van der Waals surface area contributed by atoms with Crippen LogP contribution in [0.15, 0.2) is 54.7 Å².